The van der Waals surface area contributed by atoms with Crippen LogP contribution in [0.25, 0.3) is 10.9 Å². The minimum atomic E-state index is -0.261. The molecule has 0 unspecified atom stereocenters. The molecule has 1 aliphatic heterocycles. The van der Waals surface area contributed by atoms with Gasteiger partial charge in [-0.2, -0.15) is 5.10 Å². The molecule has 6 nitrogen and oxygen atoms in total. The maximum absolute atomic E-state index is 13.7. The molecular weight excluding hydrogens is 369 g/mol. The zero-order valence-electron chi connectivity index (χ0n) is 16.4. The fourth-order valence-corrected chi connectivity index (χ4v) is 4.32. The molecule has 0 amide bonds. The third kappa shape index (κ3) is 3.86. The van der Waals surface area contributed by atoms with E-state index in [9.17, 15) is 4.39 Å². The van der Waals surface area contributed by atoms with E-state index < -0.39 is 0 Å². The van der Waals surface area contributed by atoms with Crippen LogP contribution in [0, 0.1) is 11.7 Å². The average molecular weight is 393 g/mol. The molecule has 0 spiro atoms. The zero-order valence-corrected chi connectivity index (χ0v) is 16.4. The molecule has 0 saturated carbocycles. The van der Waals surface area contributed by atoms with E-state index in [0.717, 1.165) is 61.2 Å². The van der Waals surface area contributed by atoms with Crippen LogP contribution >= 0.6 is 0 Å². The first-order chi connectivity index (χ1) is 14.3. The molecule has 1 saturated heterocycles. The fourth-order valence-electron chi connectivity index (χ4n) is 4.32. The Labute approximate surface area is 169 Å². The normalized spacial score (nSPS) is 17.3. The summed E-state index contributed by atoms with van der Waals surface area (Å²) in [6.07, 6.45) is 8.08. The molecule has 2 aliphatic rings. The van der Waals surface area contributed by atoms with E-state index in [0.29, 0.717) is 18.4 Å². The van der Waals surface area contributed by atoms with Gasteiger partial charge in [0.2, 0.25) is 5.88 Å². The molecule has 0 N–H and O–H groups in total. The van der Waals surface area contributed by atoms with Crippen molar-refractivity contribution in [2.45, 2.75) is 38.5 Å². The number of anilines is 1. The van der Waals surface area contributed by atoms with Crippen molar-refractivity contribution in [2.24, 2.45) is 5.92 Å². The largest absolute Gasteiger partial charge is 0.476 e. The number of piperidine rings is 1. The van der Waals surface area contributed by atoms with E-state index in [1.807, 2.05) is 0 Å². The molecule has 3 aromatic rings. The summed E-state index contributed by atoms with van der Waals surface area (Å²) in [6.45, 7) is 2.39. The van der Waals surface area contributed by atoms with Crippen LogP contribution in [0.4, 0.5) is 10.2 Å². The van der Waals surface area contributed by atoms with Crippen molar-refractivity contribution in [2.75, 3.05) is 24.6 Å². The van der Waals surface area contributed by atoms with Gasteiger partial charge in [-0.25, -0.2) is 14.4 Å². The molecule has 1 aromatic carbocycles. The van der Waals surface area contributed by atoms with Crippen LogP contribution in [0.1, 0.15) is 36.9 Å². The topological polar surface area (TPSA) is 64.0 Å². The Kier molecular flexibility index (Phi) is 4.96. The van der Waals surface area contributed by atoms with E-state index in [1.54, 1.807) is 12.4 Å². The highest BCUT2D eigenvalue weighted by Gasteiger charge is 2.23. The quantitative estimate of drug-likeness (QED) is 0.673. The zero-order chi connectivity index (χ0) is 19.6. The Morgan fingerprint density at radius 1 is 1.03 bits per heavy atom. The van der Waals surface area contributed by atoms with Gasteiger partial charge in [0, 0.05) is 24.5 Å². The second-order valence-corrected chi connectivity index (χ2v) is 7.96. The van der Waals surface area contributed by atoms with E-state index in [1.165, 1.54) is 30.5 Å². The van der Waals surface area contributed by atoms with E-state index in [2.05, 4.69) is 31.1 Å². The first-order valence-electron chi connectivity index (χ1n) is 10.4. The lowest BCUT2D eigenvalue weighted by Gasteiger charge is -2.33. The molecule has 1 aliphatic carbocycles. The molecular formula is C22H24FN5O. The average Bonchev–Trinajstić information content (AvgIpc) is 2.77. The number of hydrogen-bond donors (Lipinski definition) is 0. The summed E-state index contributed by atoms with van der Waals surface area (Å²) in [5, 5.41) is 9.36. The highest BCUT2D eigenvalue weighted by Crippen LogP contribution is 2.28. The number of benzene rings is 1. The third-order valence-electron chi connectivity index (χ3n) is 6.00. The molecule has 2 aromatic heterocycles. The molecule has 0 radical (unpaired) electrons. The van der Waals surface area contributed by atoms with Gasteiger partial charge in [-0.15, -0.1) is 5.10 Å². The van der Waals surface area contributed by atoms with Gasteiger partial charge in [0.25, 0.3) is 0 Å². The first-order valence-corrected chi connectivity index (χ1v) is 10.4. The molecule has 150 valence electrons. The van der Waals surface area contributed by atoms with Crippen molar-refractivity contribution in [3.63, 3.8) is 0 Å². The highest BCUT2D eigenvalue weighted by atomic mass is 19.1. The summed E-state index contributed by atoms with van der Waals surface area (Å²) in [5.74, 6) is 1.66. The highest BCUT2D eigenvalue weighted by molar-refractivity contribution is 5.89. The van der Waals surface area contributed by atoms with Crippen molar-refractivity contribution in [1.82, 2.24) is 20.2 Å². The number of halogens is 1. The third-order valence-corrected chi connectivity index (χ3v) is 6.00. The van der Waals surface area contributed by atoms with Crippen LogP contribution < -0.4 is 9.64 Å². The number of aromatic nitrogens is 4. The van der Waals surface area contributed by atoms with E-state index in [-0.39, 0.29) is 5.82 Å². The van der Waals surface area contributed by atoms with Crippen molar-refractivity contribution in [3.05, 3.63) is 47.7 Å². The van der Waals surface area contributed by atoms with Gasteiger partial charge in [0.1, 0.15) is 18.0 Å². The van der Waals surface area contributed by atoms with Crippen LogP contribution in [0.15, 0.2) is 30.6 Å². The number of hydrogen-bond acceptors (Lipinski definition) is 6. The molecule has 5 rings (SSSR count). The summed E-state index contributed by atoms with van der Waals surface area (Å²) in [7, 11) is 0. The van der Waals surface area contributed by atoms with Crippen LogP contribution in [0.3, 0.4) is 0 Å². The molecule has 0 bridgehead atoms. The van der Waals surface area contributed by atoms with Gasteiger partial charge in [0.15, 0.2) is 0 Å². The molecule has 29 heavy (non-hydrogen) atoms. The van der Waals surface area contributed by atoms with E-state index in [4.69, 9.17) is 4.74 Å². The predicted octanol–water partition coefficient (Wildman–Crippen LogP) is 3.73. The Bertz CT molecular complexity index is 1020. The van der Waals surface area contributed by atoms with Crippen molar-refractivity contribution >= 4 is 16.7 Å². The maximum atomic E-state index is 13.7. The summed E-state index contributed by atoms with van der Waals surface area (Å²) in [6, 6.07) is 6.73. The first kappa shape index (κ1) is 18.2. The minimum absolute atomic E-state index is 0.261. The molecule has 7 heteroatoms. The lowest BCUT2D eigenvalue weighted by atomic mass is 9.97. The molecule has 0 atom stereocenters. The van der Waals surface area contributed by atoms with Crippen LogP contribution in [0.5, 0.6) is 5.88 Å². The lowest BCUT2D eigenvalue weighted by molar-refractivity contribution is 0.213. The fraction of sp³-hybridized carbons (Fsp3) is 0.455. The standard InChI is InChI=1S/C22H24FN5O/c23-17-5-6-20-18(12-17)22(25-14-24-20)28-9-7-15(8-10-28)13-29-21-11-16-3-1-2-4-19(16)26-27-21/h5-6,11-12,14-15H,1-4,7-10,13H2. The number of rotatable bonds is 4. The van der Waals surface area contributed by atoms with Crippen molar-refractivity contribution in [1.29, 1.82) is 0 Å². The smallest absolute Gasteiger partial charge is 0.233 e. The lowest BCUT2D eigenvalue weighted by Crippen LogP contribution is -2.36. The summed E-state index contributed by atoms with van der Waals surface area (Å²) in [5.41, 5.74) is 3.19. The van der Waals surface area contributed by atoms with Gasteiger partial charge in [-0.05, 0) is 68.2 Å². The van der Waals surface area contributed by atoms with Crippen LogP contribution in [-0.2, 0) is 12.8 Å². The van der Waals surface area contributed by atoms with Crippen molar-refractivity contribution in [3.8, 4) is 5.88 Å². The second-order valence-electron chi connectivity index (χ2n) is 7.96. The van der Waals surface area contributed by atoms with Crippen molar-refractivity contribution < 1.29 is 9.13 Å². The number of nitrogens with zero attached hydrogens (tertiary/aromatic N) is 5. The predicted molar refractivity (Wildman–Crippen MR) is 109 cm³/mol. The van der Waals surface area contributed by atoms with E-state index >= 15 is 0 Å². The maximum Gasteiger partial charge on any atom is 0.233 e. The second kappa shape index (κ2) is 7.89. The Balaban J connectivity index is 1.21. The van der Waals surface area contributed by atoms with Gasteiger partial charge in [-0.3, -0.25) is 0 Å². The Hall–Kier alpha value is -2.83. The Morgan fingerprint density at radius 3 is 2.79 bits per heavy atom. The monoisotopic (exact) mass is 393 g/mol. The summed E-state index contributed by atoms with van der Waals surface area (Å²) >= 11 is 0. The summed E-state index contributed by atoms with van der Waals surface area (Å²) in [4.78, 5) is 10.9. The SMILES string of the molecule is Fc1ccc2ncnc(N3CCC(COc4cc5c(nn4)CCCC5)CC3)c2c1. The van der Waals surface area contributed by atoms with Gasteiger partial charge in [0.05, 0.1) is 17.8 Å². The summed E-state index contributed by atoms with van der Waals surface area (Å²) < 4.78 is 19.7. The molecule has 1 fully saturated rings. The number of ether oxygens (including phenoxy) is 1. The van der Waals surface area contributed by atoms with Gasteiger partial charge >= 0.3 is 0 Å². The number of fused-ring (bicyclic) bond motifs is 2. The van der Waals surface area contributed by atoms with Crippen LogP contribution in [0.2, 0.25) is 0 Å². The van der Waals surface area contributed by atoms with Gasteiger partial charge < -0.3 is 9.64 Å². The minimum Gasteiger partial charge on any atom is -0.476 e. The number of aryl methyl sites for hydroxylation is 2. The molecule has 3 heterocycles. The van der Waals surface area contributed by atoms with Crippen LogP contribution in [-0.4, -0.2) is 39.9 Å². The van der Waals surface area contributed by atoms with Gasteiger partial charge in [-0.1, -0.05) is 0 Å². The Morgan fingerprint density at radius 2 is 1.90 bits per heavy atom.